The number of nitrogens with two attached hydrogens (primary N) is 1. The highest BCUT2D eigenvalue weighted by Crippen LogP contribution is 2.21. The molecule has 7 nitrogen and oxygen atoms in total. The number of nitrogens with one attached hydrogen (secondary N) is 1. The first-order chi connectivity index (χ1) is 11.7. The van der Waals surface area contributed by atoms with Crippen LogP contribution in [-0.4, -0.2) is 27.6 Å². The summed E-state index contributed by atoms with van der Waals surface area (Å²) < 4.78 is 7.55. The quantitative estimate of drug-likeness (QED) is 0.509. The second-order valence-corrected chi connectivity index (χ2v) is 5.81. The molecular weight excluding hydrogens is 324 g/mol. The predicted octanol–water partition coefficient (Wildman–Crippen LogP) is 2.81. The van der Waals surface area contributed by atoms with Gasteiger partial charge in [0.1, 0.15) is 11.6 Å². The second-order valence-electron chi connectivity index (χ2n) is 4.95. The van der Waals surface area contributed by atoms with Crippen molar-refractivity contribution in [2.75, 3.05) is 17.8 Å². The first-order valence-corrected chi connectivity index (χ1v) is 8.36. The lowest BCUT2D eigenvalue weighted by Crippen LogP contribution is -2.04. The number of anilines is 2. The van der Waals surface area contributed by atoms with Crippen molar-refractivity contribution in [3.63, 3.8) is 0 Å². The Hall–Kier alpha value is -2.87. The molecule has 0 saturated heterocycles. The van der Waals surface area contributed by atoms with E-state index in [4.69, 9.17) is 10.5 Å². The van der Waals surface area contributed by atoms with Crippen LogP contribution in [0.5, 0.6) is 5.75 Å². The third kappa shape index (κ3) is 4.11. The molecular formula is C16H18N6OS. The van der Waals surface area contributed by atoms with E-state index in [-0.39, 0.29) is 0 Å². The highest BCUT2D eigenvalue weighted by atomic mass is 32.1. The van der Waals surface area contributed by atoms with Crippen LogP contribution >= 0.6 is 11.3 Å². The largest absolute Gasteiger partial charge is 0.494 e. The van der Waals surface area contributed by atoms with Gasteiger partial charge in [0.05, 0.1) is 19.4 Å². The molecule has 0 spiro atoms. The van der Waals surface area contributed by atoms with Crippen LogP contribution in [0.15, 0.2) is 47.1 Å². The summed E-state index contributed by atoms with van der Waals surface area (Å²) in [5, 5.41) is 10.9. The molecule has 3 N–H and O–H groups in total. The van der Waals surface area contributed by atoms with Crippen LogP contribution in [-0.2, 0) is 6.54 Å². The number of hydrogen-bond donors (Lipinski definition) is 2. The lowest BCUT2D eigenvalue weighted by atomic mass is 10.1. The van der Waals surface area contributed by atoms with E-state index in [1.807, 2.05) is 42.1 Å². The van der Waals surface area contributed by atoms with Gasteiger partial charge < -0.3 is 10.5 Å². The van der Waals surface area contributed by atoms with Crippen molar-refractivity contribution in [2.24, 2.45) is 5.10 Å². The van der Waals surface area contributed by atoms with Gasteiger partial charge in [0.25, 0.3) is 0 Å². The highest BCUT2D eigenvalue weighted by molar-refractivity contribution is 7.14. The third-order valence-electron chi connectivity index (χ3n) is 3.17. The first-order valence-electron chi connectivity index (χ1n) is 7.48. The molecule has 2 heterocycles. The highest BCUT2D eigenvalue weighted by Gasteiger charge is 2.06. The number of ether oxygens (including phenoxy) is 1. The topological polar surface area (TPSA) is 90.4 Å². The van der Waals surface area contributed by atoms with Crippen molar-refractivity contribution in [3.8, 4) is 5.75 Å². The van der Waals surface area contributed by atoms with Crippen LogP contribution in [0, 0.1) is 0 Å². The van der Waals surface area contributed by atoms with Gasteiger partial charge in [-0.1, -0.05) is 0 Å². The maximum absolute atomic E-state index is 5.69. The molecule has 0 aliphatic rings. The molecule has 2 aromatic heterocycles. The van der Waals surface area contributed by atoms with E-state index < -0.39 is 0 Å². The standard InChI is InChI=1S/C16H18N6OS/c1-2-23-14-5-4-12(8-13(14)10-22-7-3-6-19-22)9-18-21-16-20-15(17)11-24-16/h3-9,11H,2,10,17H2,1H3,(H,20,21). The number of hydrogen-bond acceptors (Lipinski definition) is 7. The van der Waals surface area contributed by atoms with Gasteiger partial charge in [0, 0.05) is 23.3 Å². The minimum Gasteiger partial charge on any atom is -0.494 e. The number of benzene rings is 1. The van der Waals surface area contributed by atoms with Crippen LogP contribution in [0.4, 0.5) is 10.9 Å². The third-order valence-corrected chi connectivity index (χ3v) is 3.94. The van der Waals surface area contributed by atoms with Gasteiger partial charge in [0.15, 0.2) is 0 Å². The summed E-state index contributed by atoms with van der Waals surface area (Å²) in [5.41, 5.74) is 10.4. The van der Waals surface area contributed by atoms with E-state index in [9.17, 15) is 0 Å². The Bertz CT molecular complexity index is 812. The monoisotopic (exact) mass is 342 g/mol. The van der Waals surface area contributed by atoms with Crippen molar-refractivity contribution in [3.05, 3.63) is 53.2 Å². The summed E-state index contributed by atoms with van der Waals surface area (Å²) >= 11 is 1.41. The number of aromatic nitrogens is 3. The van der Waals surface area contributed by atoms with E-state index in [2.05, 4.69) is 20.6 Å². The molecule has 0 fully saturated rings. The Morgan fingerprint density at radius 3 is 3.08 bits per heavy atom. The lowest BCUT2D eigenvalue weighted by molar-refractivity contribution is 0.335. The zero-order valence-electron chi connectivity index (χ0n) is 13.2. The minimum atomic E-state index is 0.486. The Kier molecular flexibility index (Phi) is 5.07. The summed E-state index contributed by atoms with van der Waals surface area (Å²) in [4.78, 5) is 4.09. The average Bonchev–Trinajstić information content (AvgIpc) is 3.22. The molecule has 0 bridgehead atoms. The fourth-order valence-electron chi connectivity index (χ4n) is 2.17. The van der Waals surface area contributed by atoms with Gasteiger partial charge in [0.2, 0.25) is 5.13 Å². The fourth-order valence-corrected chi connectivity index (χ4v) is 2.72. The molecule has 0 saturated carbocycles. The van der Waals surface area contributed by atoms with Gasteiger partial charge in [-0.2, -0.15) is 10.2 Å². The van der Waals surface area contributed by atoms with Crippen molar-refractivity contribution < 1.29 is 4.74 Å². The summed E-state index contributed by atoms with van der Waals surface area (Å²) in [6.45, 7) is 3.23. The normalized spacial score (nSPS) is 11.0. The molecule has 0 aliphatic carbocycles. The van der Waals surface area contributed by atoms with Gasteiger partial charge >= 0.3 is 0 Å². The molecule has 0 unspecified atom stereocenters. The van der Waals surface area contributed by atoms with E-state index >= 15 is 0 Å². The zero-order chi connectivity index (χ0) is 16.8. The number of thiazole rings is 1. The summed E-state index contributed by atoms with van der Waals surface area (Å²) in [5.74, 6) is 1.34. The van der Waals surface area contributed by atoms with E-state index in [0.717, 1.165) is 16.9 Å². The fraction of sp³-hybridized carbons (Fsp3) is 0.188. The summed E-state index contributed by atoms with van der Waals surface area (Å²) in [6, 6.07) is 7.84. The van der Waals surface area contributed by atoms with E-state index in [1.165, 1.54) is 11.3 Å². The van der Waals surface area contributed by atoms with Gasteiger partial charge in [-0.3, -0.25) is 10.1 Å². The van der Waals surface area contributed by atoms with Crippen LogP contribution in [0.2, 0.25) is 0 Å². The van der Waals surface area contributed by atoms with Crippen molar-refractivity contribution in [1.29, 1.82) is 0 Å². The van der Waals surface area contributed by atoms with Crippen LogP contribution in [0.3, 0.4) is 0 Å². The Balaban J connectivity index is 1.75. The van der Waals surface area contributed by atoms with Crippen molar-refractivity contribution in [2.45, 2.75) is 13.5 Å². The SMILES string of the molecule is CCOc1ccc(C=NNc2nc(N)cs2)cc1Cn1cccn1. The molecule has 24 heavy (non-hydrogen) atoms. The molecule has 3 rings (SSSR count). The molecule has 3 aromatic rings. The molecule has 1 aromatic carbocycles. The smallest absolute Gasteiger partial charge is 0.205 e. The van der Waals surface area contributed by atoms with Crippen molar-refractivity contribution in [1.82, 2.24) is 14.8 Å². The summed E-state index contributed by atoms with van der Waals surface area (Å²) in [6.07, 6.45) is 5.42. The minimum absolute atomic E-state index is 0.486. The molecule has 0 aliphatic heterocycles. The zero-order valence-corrected chi connectivity index (χ0v) is 14.0. The van der Waals surface area contributed by atoms with Crippen LogP contribution in [0.25, 0.3) is 0 Å². The number of hydrazone groups is 1. The Morgan fingerprint density at radius 2 is 2.38 bits per heavy atom. The number of nitrogen functional groups attached to an aromatic ring is 1. The number of rotatable bonds is 7. The van der Waals surface area contributed by atoms with Crippen LogP contribution in [0.1, 0.15) is 18.1 Å². The van der Waals surface area contributed by atoms with Gasteiger partial charge in [-0.25, -0.2) is 4.98 Å². The number of nitrogens with zero attached hydrogens (tertiary/aromatic N) is 4. The van der Waals surface area contributed by atoms with Gasteiger partial charge in [-0.05, 0) is 36.8 Å². The van der Waals surface area contributed by atoms with Crippen molar-refractivity contribution >= 4 is 28.5 Å². The molecule has 0 amide bonds. The average molecular weight is 342 g/mol. The molecule has 124 valence electrons. The van der Waals surface area contributed by atoms with Crippen LogP contribution < -0.4 is 15.9 Å². The molecule has 0 radical (unpaired) electrons. The Morgan fingerprint density at radius 1 is 1.46 bits per heavy atom. The van der Waals surface area contributed by atoms with E-state index in [1.54, 1.807) is 17.8 Å². The Labute approximate surface area is 143 Å². The molecule has 0 atom stereocenters. The predicted molar refractivity (Wildman–Crippen MR) is 96.7 cm³/mol. The second kappa shape index (κ2) is 7.60. The maximum Gasteiger partial charge on any atom is 0.205 e. The lowest BCUT2D eigenvalue weighted by Gasteiger charge is -2.11. The maximum atomic E-state index is 5.69. The first kappa shape index (κ1) is 16.0. The van der Waals surface area contributed by atoms with E-state index in [0.29, 0.717) is 24.1 Å². The van der Waals surface area contributed by atoms with Gasteiger partial charge in [-0.15, -0.1) is 11.3 Å². The molecule has 8 heteroatoms. The summed E-state index contributed by atoms with van der Waals surface area (Å²) in [7, 11) is 0.